The molecule has 0 N–H and O–H groups in total. The van der Waals surface area contributed by atoms with Crippen LogP contribution < -0.4 is 0 Å². The summed E-state index contributed by atoms with van der Waals surface area (Å²) in [7, 11) is 0. The molecule has 0 saturated carbocycles. The van der Waals surface area contributed by atoms with Gasteiger partial charge in [0.1, 0.15) is 0 Å². The van der Waals surface area contributed by atoms with E-state index in [4.69, 9.17) is 0 Å². The Kier molecular flexibility index (Phi) is 15.7. The molecule has 0 amide bonds. The van der Waals surface area contributed by atoms with Crippen molar-refractivity contribution in [2.75, 3.05) is 0 Å². The summed E-state index contributed by atoms with van der Waals surface area (Å²) in [6, 6.07) is 0. The minimum absolute atomic E-state index is 0. The summed E-state index contributed by atoms with van der Waals surface area (Å²) in [4.78, 5) is 0. The molecule has 0 nitrogen and oxygen atoms in total. The van der Waals surface area contributed by atoms with Crippen LogP contribution in [0.2, 0.25) is 21.1 Å². The van der Waals surface area contributed by atoms with Crippen LogP contribution in [0.5, 0.6) is 0 Å². The molecular weight excluding hydrogens is 234 g/mol. The van der Waals surface area contributed by atoms with E-state index >= 15 is 0 Å². The van der Waals surface area contributed by atoms with Gasteiger partial charge in [0.05, 0.1) is 0 Å². The summed E-state index contributed by atoms with van der Waals surface area (Å²) in [6.45, 7) is 17.7. The van der Waals surface area contributed by atoms with Gasteiger partial charge in [0.15, 0.2) is 0 Å². The van der Waals surface area contributed by atoms with Crippen LogP contribution in [0.25, 0.3) is 0 Å². The summed E-state index contributed by atoms with van der Waals surface area (Å²) >= 11 is 2.13. The zero-order valence-corrected chi connectivity index (χ0v) is 15.3. The average Bonchev–Trinajstić information content (AvgIpc) is 2.14. The number of hydrogen-bond donors (Lipinski definition) is 0. The standard InChI is InChI=1S/3C4H9.C3H5.2Al.2H/c3*1-4(2)3;1-3-2;;;;/h3*4H,1H2,2-3H3;3H,1-2H2;;;;/q;;;;;+2;2*-1. The van der Waals surface area contributed by atoms with Gasteiger partial charge in [0.25, 0.3) is 14.1 Å². The average molecular weight is 268 g/mol. The molecular formula is C15H34Al2. The molecule has 0 aliphatic heterocycles. The van der Waals surface area contributed by atoms with Gasteiger partial charge in [0.2, 0.25) is 0 Å². The molecule has 0 radical (unpaired) electrons. The number of allylic oxidation sites excluding steroid dienone is 1. The van der Waals surface area contributed by atoms with E-state index in [1.165, 1.54) is 0 Å². The van der Waals surface area contributed by atoms with Crippen molar-refractivity contribution in [2.45, 2.75) is 62.7 Å². The van der Waals surface area contributed by atoms with Crippen molar-refractivity contribution in [2.24, 2.45) is 17.8 Å². The van der Waals surface area contributed by atoms with Gasteiger partial charge in [-0.2, -0.15) is 0 Å². The maximum absolute atomic E-state index is 3.46. The Morgan fingerprint density at radius 1 is 0.941 bits per heavy atom. The van der Waals surface area contributed by atoms with E-state index in [1.807, 2.05) is 6.08 Å². The predicted molar refractivity (Wildman–Crippen MR) is 87.7 cm³/mol. The van der Waals surface area contributed by atoms with Gasteiger partial charge < -0.3 is 2.85 Å². The van der Waals surface area contributed by atoms with Gasteiger partial charge in [-0.25, -0.2) is 0 Å². The van der Waals surface area contributed by atoms with Crippen LogP contribution in [0.1, 0.15) is 44.4 Å². The van der Waals surface area contributed by atoms with Crippen LogP contribution in [0, 0.1) is 17.8 Å². The van der Waals surface area contributed by atoms with Crippen LogP contribution in [0.15, 0.2) is 12.7 Å². The molecule has 100 valence electrons. The Labute approximate surface area is 126 Å². The molecule has 0 aliphatic rings. The minimum Gasteiger partial charge on any atom is -1.00 e. The molecule has 0 aromatic heterocycles. The first kappa shape index (κ1) is 20.1. The molecule has 0 aromatic carbocycles. The van der Waals surface area contributed by atoms with Crippen molar-refractivity contribution >= 4 is 30.4 Å². The normalized spacial score (nSPS) is 10.5. The van der Waals surface area contributed by atoms with E-state index in [0.29, 0.717) is 0 Å². The first-order valence-electron chi connectivity index (χ1n) is 7.14. The molecule has 0 unspecified atom stereocenters. The quantitative estimate of drug-likeness (QED) is 0.426. The molecule has 0 rings (SSSR count). The van der Waals surface area contributed by atoms with Crippen LogP contribution in [0.3, 0.4) is 0 Å². The van der Waals surface area contributed by atoms with E-state index in [-0.39, 0.29) is 2.85 Å². The van der Waals surface area contributed by atoms with Gasteiger partial charge in [-0.15, -0.1) is 0 Å². The predicted octanol–water partition coefficient (Wildman–Crippen LogP) is 5.43. The SMILES string of the molecule is C=C[CH2][Al+2].CC(C)[CH2][Al]([CH2]C(C)C)[CH2]C(C)C.[H-].[H-]. The molecule has 0 saturated heterocycles. The summed E-state index contributed by atoms with van der Waals surface area (Å²) < 4.78 is 0. The monoisotopic (exact) mass is 268 g/mol. The third kappa shape index (κ3) is 19.3. The zero-order chi connectivity index (χ0) is 13.8. The van der Waals surface area contributed by atoms with Crippen LogP contribution >= 0.6 is 0 Å². The van der Waals surface area contributed by atoms with Crippen LogP contribution in [-0.4, -0.2) is 30.4 Å². The molecule has 0 aromatic rings. The van der Waals surface area contributed by atoms with Crippen LogP contribution in [0.4, 0.5) is 0 Å². The van der Waals surface area contributed by atoms with Crippen molar-refractivity contribution in [1.29, 1.82) is 0 Å². The molecule has 0 bridgehead atoms. The van der Waals surface area contributed by atoms with E-state index in [2.05, 4.69) is 64.4 Å². The summed E-state index contributed by atoms with van der Waals surface area (Å²) in [5, 5.41) is 5.66. The Hall–Kier alpha value is 0.805. The van der Waals surface area contributed by atoms with Crippen molar-refractivity contribution < 1.29 is 2.85 Å². The fourth-order valence-corrected chi connectivity index (χ4v) is 6.87. The van der Waals surface area contributed by atoms with Gasteiger partial charge in [0, 0.05) is 0 Å². The number of rotatable bonds is 7. The summed E-state index contributed by atoms with van der Waals surface area (Å²) in [5.41, 5.74) is 0. The maximum Gasteiger partial charge on any atom is 0.262 e. The van der Waals surface area contributed by atoms with E-state index in [0.717, 1.165) is 23.0 Å². The van der Waals surface area contributed by atoms with Crippen molar-refractivity contribution in [3.8, 4) is 0 Å². The Balaban J connectivity index is -0.000000165. The molecule has 0 spiro atoms. The smallest absolute Gasteiger partial charge is 0.262 e. The topological polar surface area (TPSA) is 0 Å². The first-order chi connectivity index (χ1) is 7.83. The second-order valence-electron chi connectivity index (χ2n) is 6.28. The largest absolute Gasteiger partial charge is 1.00 e. The van der Waals surface area contributed by atoms with Gasteiger partial charge >= 0.3 is 34.2 Å². The second-order valence-corrected chi connectivity index (χ2v) is 9.90. The molecule has 2 heteroatoms. The van der Waals surface area contributed by atoms with Gasteiger partial charge in [-0.05, 0) is 0 Å². The Morgan fingerprint density at radius 3 is 1.29 bits per heavy atom. The third-order valence-electron chi connectivity index (χ3n) is 2.58. The van der Waals surface area contributed by atoms with Gasteiger partial charge in [-0.3, -0.25) is 0 Å². The summed E-state index contributed by atoms with van der Waals surface area (Å²) in [5.74, 6) is 2.78. The van der Waals surface area contributed by atoms with E-state index in [1.54, 1.807) is 15.8 Å². The first-order valence-corrected chi connectivity index (χ1v) is 10.4. The number of hydrogen-bond acceptors (Lipinski definition) is 0. The van der Waals surface area contributed by atoms with Crippen LogP contribution in [-0.2, 0) is 0 Å². The molecule has 0 fully saturated rings. The zero-order valence-electron chi connectivity index (χ0n) is 15.0. The Morgan fingerprint density at radius 2 is 1.18 bits per heavy atom. The van der Waals surface area contributed by atoms with E-state index in [9.17, 15) is 0 Å². The maximum atomic E-state index is 3.46. The second kappa shape index (κ2) is 13.2. The van der Waals surface area contributed by atoms with Gasteiger partial charge in [-0.1, -0.05) is 75.1 Å². The molecule has 0 aliphatic carbocycles. The van der Waals surface area contributed by atoms with Crippen molar-refractivity contribution in [3.63, 3.8) is 0 Å². The molecule has 0 heterocycles. The van der Waals surface area contributed by atoms with E-state index < -0.39 is 14.1 Å². The Bertz CT molecular complexity index is 148. The molecule has 0 atom stereocenters. The fraction of sp³-hybridized carbons (Fsp3) is 0.867. The summed E-state index contributed by atoms with van der Waals surface area (Å²) in [6.07, 6.45) is 1.84. The third-order valence-corrected chi connectivity index (χ3v) is 7.74. The van der Waals surface area contributed by atoms with Crippen molar-refractivity contribution in [3.05, 3.63) is 12.7 Å². The fourth-order valence-electron chi connectivity index (χ4n) is 2.29. The minimum atomic E-state index is -0.407. The molecule has 17 heavy (non-hydrogen) atoms. The van der Waals surface area contributed by atoms with Crippen molar-refractivity contribution in [1.82, 2.24) is 0 Å².